The number of fused-ring (bicyclic) bond motifs is 1. The predicted octanol–water partition coefficient (Wildman–Crippen LogP) is 5.42. The molecule has 0 fully saturated rings. The molecule has 3 aromatic rings. The lowest BCUT2D eigenvalue weighted by atomic mass is 10.1. The fourth-order valence-corrected chi connectivity index (χ4v) is 2.39. The molecule has 0 aromatic heterocycles. The van der Waals surface area contributed by atoms with E-state index >= 15 is 0 Å². The predicted molar refractivity (Wildman–Crippen MR) is 95.7 cm³/mol. The molecule has 0 amide bonds. The number of para-hydroxylation sites is 1. The number of benzene rings is 3. The average Bonchev–Trinajstić information content (AvgIpc) is 2.57. The summed E-state index contributed by atoms with van der Waals surface area (Å²) in [5.41, 5.74) is 1.46. The van der Waals surface area contributed by atoms with Crippen molar-refractivity contribution in [2.45, 2.75) is 13.8 Å². The van der Waals surface area contributed by atoms with Crippen molar-refractivity contribution in [3.05, 3.63) is 78.4 Å². The molecule has 3 rings (SSSR count). The van der Waals surface area contributed by atoms with Crippen LogP contribution in [0.2, 0.25) is 0 Å². The summed E-state index contributed by atoms with van der Waals surface area (Å²) in [6, 6.07) is 19.1. The maximum Gasteiger partial charge on any atom is 0.338 e. The zero-order valence-corrected chi connectivity index (χ0v) is 13.7. The summed E-state index contributed by atoms with van der Waals surface area (Å²) >= 11 is 0. The minimum Gasteiger partial charge on any atom is -0.457 e. The van der Waals surface area contributed by atoms with Gasteiger partial charge in [0.05, 0.1) is 0 Å². The van der Waals surface area contributed by atoms with Crippen LogP contribution in [-0.4, -0.2) is 5.97 Å². The SMILES string of the molecule is C=C(C)C(=O)Oc1ccc(Oc2ccccc2)c2cc(C)ccc12. The second-order valence-corrected chi connectivity index (χ2v) is 5.70. The van der Waals surface area contributed by atoms with Gasteiger partial charge in [-0.2, -0.15) is 0 Å². The Kier molecular flexibility index (Phi) is 4.34. The van der Waals surface area contributed by atoms with Crippen LogP contribution < -0.4 is 9.47 Å². The number of rotatable bonds is 4. The highest BCUT2D eigenvalue weighted by Crippen LogP contribution is 2.36. The minimum absolute atomic E-state index is 0.361. The van der Waals surface area contributed by atoms with Crippen LogP contribution in [0.25, 0.3) is 10.8 Å². The first-order valence-electron chi connectivity index (χ1n) is 7.68. The Morgan fingerprint density at radius 1 is 0.917 bits per heavy atom. The molecular weight excluding hydrogens is 300 g/mol. The molecule has 0 heterocycles. The van der Waals surface area contributed by atoms with Crippen molar-refractivity contribution in [1.29, 1.82) is 0 Å². The molecule has 0 saturated heterocycles. The fourth-order valence-electron chi connectivity index (χ4n) is 2.39. The zero-order valence-electron chi connectivity index (χ0n) is 13.7. The van der Waals surface area contributed by atoms with Crippen LogP contribution in [0, 0.1) is 6.92 Å². The summed E-state index contributed by atoms with van der Waals surface area (Å²) in [5, 5.41) is 1.72. The molecule has 0 atom stereocenters. The summed E-state index contributed by atoms with van der Waals surface area (Å²) in [5.74, 6) is 1.54. The first kappa shape index (κ1) is 15.8. The van der Waals surface area contributed by atoms with E-state index in [1.54, 1.807) is 13.0 Å². The molecule has 3 nitrogen and oxygen atoms in total. The molecule has 3 heteroatoms. The molecule has 120 valence electrons. The molecule has 0 aliphatic carbocycles. The highest BCUT2D eigenvalue weighted by atomic mass is 16.5. The lowest BCUT2D eigenvalue weighted by Gasteiger charge is -2.13. The van der Waals surface area contributed by atoms with Gasteiger partial charge in [-0.25, -0.2) is 4.79 Å². The van der Waals surface area contributed by atoms with Crippen LogP contribution in [0.1, 0.15) is 12.5 Å². The minimum atomic E-state index is -0.436. The quantitative estimate of drug-likeness (QED) is 0.366. The smallest absolute Gasteiger partial charge is 0.338 e. The molecule has 0 radical (unpaired) electrons. The molecule has 0 saturated carbocycles. The third-order valence-corrected chi connectivity index (χ3v) is 3.61. The van der Waals surface area contributed by atoms with E-state index in [4.69, 9.17) is 9.47 Å². The Labute approximate surface area is 141 Å². The molecule has 0 spiro atoms. The van der Waals surface area contributed by atoms with Crippen molar-refractivity contribution >= 4 is 16.7 Å². The number of aryl methyl sites for hydroxylation is 1. The van der Waals surface area contributed by atoms with Crippen molar-refractivity contribution in [1.82, 2.24) is 0 Å². The van der Waals surface area contributed by atoms with Gasteiger partial charge in [0.15, 0.2) is 0 Å². The van der Waals surface area contributed by atoms with E-state index in [9.17, 15) is 4.79 Å². The number of ether oxygens (including phenoxy) is 2. The highest BCUT2D eigenvalue weighted by Gasteiger charge is 2.13. The lowest BCUT2D eigenvalue weighted by molar-refractivity contribution is -0.129. The number of carbonyl (C=O) groups is 1. The van der Waals surface area contributed by atoms with Crippen molar-refractivity contribution in [3.63, 3.8) is 0 Å². The van der Waals surface area contributed by atoms with Gasteiger partial charge in [-0.15, -0.1) is 0 Å². The Morgan fingerprint density at radius 2 is 1.62 bits per heavy atom. The van der Waals surface area contributed by atoms with Crippen LogP contribution in [-0.2, 0) is 4.79 Å². The monoisotopic (exact) mass is 318 g/mol. The van der Waals surface area contributed by atoms with E-state index in [1.165, 1.54) is 0 Å². The Hall–Kier alpha value is -3.07. The maximum atomic E-state index is 11.8. The van der Waals surface area contributed by atoms with Crippen molar-refractivity contribution in [3.8, 4) is 17.2 Å². The standard InChI is InChI=1S/C21H18O3/c1-14(2)21(22)24-19-11-12-20(23-16-7-5-4-6-8-16)18-13-15(3)9-10-17(18)19/h4-13H,1H2,2-3H3. The van der Waals surface area contributed by atoms with Crippen molar-refractivity contribution in [2.24, 2.45) is 0 Å². The topological polar surface area (TPSA) is 35.5 Å². The molecule has 3 aromatic carbocycles. The zero-order chi connectivity index (χ0) is 17.1. The maximum absolute atomic E-state index is 11.8. The van der Waals surface area contributed by atoms with Gasteiger partial charge in [0.1, 0.15) is 17.2 Å². The van der Waals surface area contributed by atoms with Crippen LogP contribution >= 0.6 is 0 Å². The van der Waals surface area contributed by atoms with E-state index in [0.717, 1.165) is 27.8 Å². The third kappa shape index (κ3) is 3.30. The second kappa shape index (κ2) is 6.59. The van der Waals surface area contributed by atoms with Crippen LogP contribution in [0.4, 0.5) is 0 Å². The Balaban J connectivity index is 2.07. The Morgan fingerprint density at radius 3 is 2.33 bits per heavy atom. The van der Waals surface area contributed by atoms with Gasteiger partial charge < -0.3 is 9.47 Å². The second-order valence-electron chi connectivity index (χ2n) is 5.70. The van der Waals surface area contributed by atoms with Crippen molar-refractivity contribution in [2.75, 3.05) is 0 Å². The first-order valence-corrected chi connectivity index (χ1v) is 7.68. The number of hydrogen-bond acceptors (Lipinski definition) is 3. The van der Waals surface area contributed by atoms with E-state index in [-0.39, 0.29) is 0 Å². The van der Waals surface area contributed by atoms with Gasteiger partial charge in [-0.1, -0.05) is 42.5 Å². The summed E-state index contributed by atoms with van der Waals surface area (Å²) < 4.78 is 11.4. The largest absolute Gasteiger partial charge is 0.457 e. The fraction of sp³-hybridized carbons (Fsp3) is 0.0952. The summed E-state index contributed by atoms with van der Waals surface area (Å²) in [6.07, 6.45) is 0. The molecule has 0 aliphatic rings. The lowest BCUT2D eigenvalue weighted by Crippen LogP contribution is -2.08. The molecule has 0 aliphatic heterocycles. The van der Waals surface area contributed by atoms with Crippen LogP contribution in [0.3, 0.4) is 0 Å². The third-order valence-electron chi connectivity index (χ3n) is 3.61. The summed E-state index contributed by atoms with van der Waals surface area (Å²) in [6.45, 7) is 7.26. The number of hydrogen-bond donors (Lipinski definition) is 0. The first-order chi connectivity index (χ1) is 11.5. The normalized spacial score (nSPS) is 10.4. The van der Waals surface area contributed by atoms with Crippen LogP contribution in [0.15, 0.2) is 72.8 Å². The van der Waals surface area contributed by atoms with Crippen LogP contribution in [0.5, 0.6) is 17.2 Å². The van der Waals surface area contributed by atoms with Gasteiger partial charge in [0.25, 0.3) is 0 Å². The van der Waals surface area contributed by atoms with E-state index < -0.39 is 5.97 Å². The van der Waals surface area contributed by atoms with E-state index in [2.05, 4.69) is 6.58 Å². The van der Waals surface area contributed by atoms with Gasteiger partial charge in [0.2, 0.25) is 0 Å². The number of carbonyl (C=O) groups excluding carboxylic acids is 1. The highest BCUT2D eigenvalue weighted by molar-refractivity contribution is 5.97. The van der Waals surface area contributed by atoms with E-state index in [1.807, 2.05) is 61.5 Å². The molecule has 0 bridgehead atoms. The molecular formula is C21H18O3. The number of esters is 1. The average molecular weight is 318 g/mol. The van der Waals surface area contributed by atoms with E-state index in [0.29, 0.717) is 11.3 Å². The van der Waals surface area contributed by atoms with Gasteiger partial charge in [-0.3, -0.25) is 0 Å². The van der Waals surface area contributed by atoms with Gasteiger partial charge in [-0.05, 0) is 44.2 Å². The van der Waals surface area contributed by atoms with Gasteiger partial charge in [0, 0.05) is 16.3 Å². The molecule has 0 unspecified atom stereocenters. The van der Waals surface area contributed by atoms with Gasteiger partial charge >= 0.3 is 5.97 Å². The molecule has 24 heavy (non-hydrogen) atoms. The Bertz CT molecular complexity index is 911. The molecule has 0 N–H and O–H groups in total. The van der Waals surface area contributed by atoms with Crippen molar-refractivity contribution < 1.29 is 14.3 Å². The summed E-state index contributed by atoms with van der Waals surface area (Å²) in [4.78, 5) is 11.8. The summed E-state index contributed by atoms with van der Waals surface area (Å²) in [7, 11) is 0.